The lowest BCUT2D eigenvalue weighted by Gasteiger charge is -2.11. The number of hydrogen-bond acceptors (Lipinski definition) is 5. The number of ether oxygens (including phenoxy) is 1. The fraction of sp³-hybridized carbons (Fsp3) is 0.235. The molecule has 0 saturated heterocycles. The Balaban J connectivity index is 1.85. The molecule has 3 N–H and O–H groups in total. The van der Waals surface area contributed by atoms with Crippen molar-refractivity contribution < 1.29 is 14.3 Å². The zero-order valence-electron chi connectivity index (χ0n) is 14.0. The van der Waals surface area contributed by atoms with Crippen LogP contribution >= 0.6 is 39.5 Å². The van der Waals surface area contributed by atoms with E-state index in [1.807, 2.05) is 0 Å². The largest absolute Gasteiger partial charge is 0.492 e. The third-order valence-electron chi connectivity index (χ3n) is 3.21. The Hall–Kier alpha value is -1.97. The number of halogens is 1. The molecule has 0 atom stereocenters. The van der Waals surface area contributed by atoms with Gasteiger partial charge in [0.25, 0.3) is 11.8 Å². The van der Waals surface area contributed by atoms with Gasteiger partial charge >= 0.3 is 0 Å². The Kier molecular flexibility index (Phi) is 8.02. The van der Waals surface area contributed by atoms with Gasteiger partial charge in [-0.25, -0.2) is 0 Å². The van der Waals surface area contributed by atoms with Gasteiger partial charge in [-0.1, -0.05) is 19.4 Å². The highest BCUT2D eigenvalue weighted by atomic mass is 79.9. The summed E-state index contributed by atoms with van der Waals surface area (Å²) < 4.78 is 6.32. The summed E-state index contributed by atoms with van der Waals surface area (Å²) in [7, 11) is 0. The van der Waals surface area contributed by atoms with E-state index in [9.17, 15) is 9.59 Å². The first-order valence-electron chi connectivity index (χ1n) is 7.88. The van der Waals surface area contributed by atoms with E-state index in [1.165, 1.54) is 11.3 Å². The maximum Gasteiger partial charge on any atom is 0.279 e. The number of hydrazine groups is 1. The van der Waals surface area contributed by atoms with Gasteiger partial charge in [0.05, 0.1) is 16.0 Å². The van der Waals surface area contributed by atoms with Crippen LogP contribution in [0.3, 0.4) is 0 Å². The number of carbonyl (C=O) groups is 2. The molecule has 6 nitrogen and oxygen atoms in total. The molecule has 1 aromatic carbocycles. The Bertz CT molecular complexity index is 782. The number of benzene rings is 1. The molecule has 138 valence electrons. The third kappa shape index (κ3) is 6.08. The summed E-state index contributed by atoms with van der Waals surface area (Å²) in [5.74, 6) is -0.0412. The molecule has 0 unspecified atom stereocenters. The third-order valence-corrected chi connectivity index (χ3v) is 4.90. The van der Waals surface area contributed by atoms with Crippen molar-refractivity contribution in [2.75, 3.05) is 6.61 Å². The minimum Gasteiger partial charge on any atom is -0.492 e. The van der Waals surface area contributed by atoms with E-state index in [0.29, 0.717) is 27.3 Å². The standard InChI is InChI=1S/C17H18BrN3O3S2/c1-2-3-8-24-13-7-6-11(10-12(13)18)15(22)19-17(25)21-20-16(23)14-5-4-9-26-14/h4-7,9-10H,2-3,8H2,1H3,(H,20,23)(H2,19,21,22,25). The van der Waals surface area contributed by atoms with Crippen molar-refractivity contribution in [1.29, 1.82) is 0 Å². The van der Waals surface area contributed by atoms with Crippen molar-refractivity contribution in [3.63, 3.8) is 0 Å². The van der Waals surface area contributed by atoms with Gasteiger partial charge in [-0.3, -0.25) is 25.8 Å². The number of hydrogen-bond donors (Lipinski definition) is 3. The van der Waals surface area contributed by atoms with Crippen LogP contribution in [0.15, 0.2) is 40.2 Å². The van der Waals surface area contributed by atoms with Crippen LogP contribution in [0.5, 0.6) is 5.75 Å². The lowest BCUT2D eigenvalue weighted by molar-refractivity contribution is 0.0938. The van der Waals surface area contributed by atoms with Crippen LogP contribution in [0, 0.1) is 0 Å². The monoisotopic (exact) mass is 455 g/mol. The molecule has 2 rings (SSSR count). The molecule has 0 fully saturated rings. The molecule has 26 heavy (non-hydrogen) atoms. The average Bonchev–Trinajstić information content (AvgIpc) is 3.16. The molecular weight excluding hydrogens is 438 g/mol. The number of thiophene rings is 1. The molecule has 9 heteroatoms. The van der Waals surface area contributed by atoms with Gasteiger partial charge < -0.3 is 4.74 Å². The van der Waals surface area contributed by atoms with E-state index in [1.54, 1.807) is 35.7 Å². The molecular formula is C17H18BrN3O3S2. The van der Waals surface area contributed by atoms with Crippen molar-refractivity contribution in [2.45, 2.75) is 19.8 Å². The lowest BCUT2D eigenvalue weighted by Crippen LogP contribution is -2.48. The highest BCUT2D eigenvalue weighted by molar-refractivity contribution is 9.10. The fourth-order valence-electron chi connectivity index (χ4n) is 1.88. The van der Waals surface area contributed by atoms with Crippen molar-refractivity contribution in [1.82, 2.24) is 16.2 Å². The van der Waals surface area contributed by atoms with Crippen molar-refractivity contribution in [3.8, 4) is 5.75 Å². The van der Waals surface area contributed by atoms with Crippen LogP contribution in [0.2, 0.25) is 0 Å². The van der Waals surface area contributed by atoms with Crippen LogP contribution in [0.4, 0.5) is 0 Å². The summed E-state index contributed by atoms with van der Waals surface area (Å²) in [5, 5.41) is 4.30. The van der Waals surface area contributed by atoms with Gasteiger partial charge in [0.1, 0.15) is 5.75 Å². The van der Waals surface area contributed by atoms with Gasteiger partial charge in [-0.05, 0) is 64.2 Å². The van der Waals surface area contributed by atoms with Crippen LogP contribution in [-0.2, 0) is 0 Å². The molecule has 0 aliphatic heterocycles. The summed E-state index contributed by atoms with van der Waals surface area (Å²) in [6.45, 7) is 2.71. The predicted molar refractivity (Wildman–Crippen MR) is 110 cm³/mol. The van der Waals surface area contributed by atoms with Crippen LogP contribution < -0.4 is 20.9 Å². The maximum atomic E-state index is 12.2. The van der Waals surface area contributed by atoms with Crippen molar-refractivity contribution in [2.24, 2.45) is 0 Å². The Morgan fingerprint density at radius 2 is 2.04 bits per heavy atom. The van der Waals surface area contributed by atoms with Crippen LogP contribution in [-0.4, -0.2) is 23.5 Å². The minimum atomic E-state index is -0.395. The number of carbonyl (C=O) groups excluding carboxylic acids is 2. The molecule has 0 radical (unpaired) electrons. The van der Waals surface area contributed by atoms with E-state index in [2.05, 4.69) is 39.0 Å². The molecule has 2 amide bonds. The van der Waals surface area contributed by atoms with Crippen LogP contribution in [0.1, 0.15) is 39.8 Å². The molecule has 0 aliphatic carbocycles. The molecule has 2 aromatic rings. The summed E-state index contributed by atoms with van der Waals surface area (Å²) >= 11 is 9.72. The SMILES string of the molecule is CCCCOc1ccc(C(=O)NC(=S)NNC(=O)c2cccs2)cc1Br. The summed E-state index contributed by atoms with van der Waals surface area (Å²) in [6, 6.07) is 8.49. The average molecular weight is 456 g/mol. The highest BCUT2D eigenvalue weighted by Gasteiger charge is 2.12. The van der Waals surface area contributed by atoms with Gasteiger partial charge in [0, 0.05) is 5.56 Å². The smallest absolute Gasteiger partial charge is 0.279 e. The summed E-state index contributed by atoms with van der Waals surface area (Å²) in [6.07, 6.45) is 2.01. The Morgan fingerprint density at radius 3 is 2.69 bits per heavy atom. The molecule has 0 saturated carbocycles. The fourth-order valence-corrected chi connectivity index (χ4v) is 3.13. The maximum absolute atomic E-state index is 12.2. The van der Waals surface area contributed by atoms with Gasteiger partial charge in [0.2, 0.25) is 0 Å². The molecule has 0 aliphatic rings. The number of nitrogens with one attached hydrogen (secondary N) is 3. The predicted octanol–water partition coefficient (Wildman–Crippen LogP) is 3.64. The topological polar surface area (TPSA) is 79.5 Å². The number of unbranched alkanes of at least 4 members (excludes halogenated alkanes) is 1. The zero-order chi connectivity index (χ0) is 18.9. The molecule has 0 spiro atoms. The van der Waals surface area contributed by atoms with E-state index in [0.717, 1.165) is 12.8 Å². The second kappa shape index (κ2) is 10.2. The van der Waals surface area contributed by atoms with E-state index < -0.39 is 5.91 Å². The Morgan fingerprint density at radius 1 is 1.23 bits per heavy atom. The van der Waals surface area contributed by atoms with Gasteiger partial charge in [-0.2, -0.15) is 0 Å². The number of thiocarbonyl (C=S) groups is 1. The quantitative estimate of drug-likeness (QED) is 0.352. The molecule has 1 heterocycles. The number of amides is 2. The molecule has 1 aromatic heterocycles. The second-order valence-corrected chi connectivity index (χ2v) is 7.40. The van der Waals surface area contributed by atoms with Gasteiger partial charge in [-0.15, -0.1) is 11.3 Å². The van der Waals surface area contributed by atoms with E-state index in [-0.39, 0.29) is 11.0 Å². The first-order chi connectivity index (χ1) is 12.5. The molecule has 0 bridgehead atoms. The summed E-state index contributed by atoms with van der Waals surface area (Å²) in [4.78, 5) is 24.6. The van der Waals surface area contributed by atoms with E-state index >= 15 is 0 Å². The number of rotatable bonds is 6. The van der Waals surface area contributed by atoms with Gasteiger partial charge in [0.15, 0.2) is 5.11 Å². The highest BCUT2D eigenvalue weighted by Crippen LogP contribution is 2.26. The van der Waals surface area contributed by atoms with Crippen molar-refractivity contribution >= 4 is 56.4 Å². The second-order valence-electron chi connectivity index (χ2n) is 5.19. The first-order valence-corrected chi connectivity index (χ1v) is 9.97. The van der Waals surface area contributed by atoms with E-state index in [4.69, 9.17) is 17.0 Å². The Labute approximate surface area is 169 Å². The van der Waals surface area contributed by atoms with Crippen molar-refractivity contribution in [3.05, 3.63) is 50.6 Å². The zero-order valence-corrected chi connectivity index (χ0v) is 17.2. The normalized spacial score (nSPS) is 10.1. The summed E-state index contributed by atoms with van der Waals surface area (Å²) in [5.41, 5.74) is 5.34. The van der Waals surface area contributed by atoms with Crippen LogP contribution in [0.25, 0.3) is 0 Å². The minimum absolute atomic E-state index is 0.000647. The first kappa shape index (κ1) is 20.3. The lowest BCUT2D eigenvalue weighted by atomic mass is 10.2.